The highest BCUT2D eigenvalue weighted by Gasteiger charge is 2.38. The molecule has 4 heteroatoms. The summed E-state index contributed by atoms with van der Waals surface area (Å²) in [6, 6.07) is 0. The third-order valence-corrected chi connectivity index (χ3v) is 0.975. The molecule has 0 aromatic rings. The maximum absolute atomic E-state index is 12.5. The standard InChI is InChI=1S/C7H10F2O2/c1-3-5-7(8,9)6(10)11-4-2/h3H,1,4-5H2,2H3. The maximum atomic E-state index is 12.5. The molecule has 0 unspecified atom stereocenters. The number of alkyl halides is 2. The van der Waals surface area contributed by atoms with Crippen molar-refractivity contribution in [3.63, 3.8) is 0 Å². The fourth-order valence-corrected chi connectivity index (χ4v) is 0.501. The molecular formula is C7H10F2O2. The van der Waals surface area contributed by atoms with Crippen LogP contribution in [-0.2, 0) is 9.53 Å². The molecule has 0 aromatic heterocycles. The lowest BCUT2D eigenvalue weighted by atomic mass is 10.2. The van der Waals surface area contributed by atoms with Crippen molar-refractivity contribution in [3.8, 4) is 0 Å². The van der Waals surface area contributed by atoms with Gasteiger partial charge in [0, 0.05) is 6.42 Å². The summed E-state index contributed by atoms with van der Waals surface area (Å²) in [5.41, 5.74) is 0. The van der Waals surface area contributed by atoms with E-state index in [1.54, 1.807) is 0 Å². The lowest BCUT2D eigenvalue weighted by molar-refractivity contribution is -0.170. The second kappa shape index (κ2) is 4.05. The van der Waals surface area contributed by atoms with E-state index in [1.165, 1.54) is 6.92 Å². The largest absolute Gasteiger partial charge is 0.462 e. The molecule has 64 valence electrons. The average molecular weight is 164 g/mol. The molecule has 0 spiro atoms. The molecule has 2 nitrogen and oxygen atoms in total. The highest BCUT2D eigenvalue weighted by atomic mass is 19.3. The van der Waals surface area contributed by atoms with E-state index in [9.17, 15) is 13.6 Å². The van der Waals surface area contributed by atoms with Crippen molar-refractivity contribution in [3.05, 3.63) is 12.7 Å². The summed E-state index contributed by atoms with van der Waals surface area (Å²) in [5.74, 6) is -4.91. The van der Waals surface area contributed by atoms with Gasteiger partial charge < -0.3 is 4.74 Å². The van der Waals surface area contributed by atoms with Crippen LogP contribution in [0.25, 0.3) is 0 Å². The van der Waals surface area contributed by atoms with Crippen LogP contribution in [0.3, 0.4) is 0 Å². The first-order valence-corrected chi connectivity index (χ1v) is 3.20. The highest BCUT2D eigenvalue weighted by molar-refractivity contribution is 5.77. The monoisotopic (exact) mass is 164 g/mol. The number of halogens is 2. The molecule has 0 atom stereocenters. The number of rotatable bonds is 4. The van der Waals surface area contributed by atoms with Gasteiger partial charge in [0.25, 0.3) is 0 Å². The van der Waals surface area contributed by atoms with E-state index in [2.05, 4.69) is 11.3 Å². The van der Waals surface area contributed by atoms with Crippen molar-refractivity contribution in [2.75, 3.05) is 6.61 Å². The molecule has 0 aliphatic heterocycles. The van der Waals surface area contributed by atoms with Gasteiger partial charge in [0.1, 0.15) is 0 Å². The predicted molar refractivity (Wildman–Crippen MR) is 36.4 cm³/mol. The zero-order valence-corrected chi connectivity index (χ0v) is 6.27. The quantitative estimate of drug-likeness (QED) is 0.467. The molecule has 0 saturated heterocycles. The van der Waals surface area contributed by atoms with Gasteiger partial charge in [0.05, 0.1) is 6.61 Å². The Labute approximate surface area is 63.8 Å². The minimum Gasteiger partial charge on any atom is -0.462 e. The Kier molecular flexibility index (Phi) is 3.71. The highest BCUT2D eigenvalue weighted by Crippen LogP contribution is 2.20. The number of carbonyl (C=O) groups is 1. The normalized spacial score (nSPS) is 10.8. The summed E-state index contributed by atoms with van der Waals surface area (Å²) in [5, 5.41) is 0. The van der Waals surface area contributed by atoms with Gasteiger partial charge in [-0.3, -0.25) is 0 Å². The second-order valence-corrected chi connectivity index (χ2v) is 1.92. The second-order valence-electron chi connectivity index (χ2n) is 1.92. The van der Waals surface area contributed by atoms with Crippen molar-refractivity contribution in [2.24, 2.45) is 0 Å². The van der Waals surface area contributed by atoms with Gasteiger partial charge in [-0.25, -0.2) is 4.79 Å². The van der Waals surface area contributed by atoms with Crippen LogP contribution in [0.4, 0.5) is 8.78 Å². The summed E-state index contributed by atoms with van der Waals surface area (Å²) in [6.07, 6.45) is 0.308. The molecule has 0 radical (unpaired) electrons. The molecule has 0 aliphatic carbocycles. The van der Waals surface area contributed by atoms with Gasteiger partial charge >= 0.3 is 11.9 Å². The van der Waals surface area contributed by atoms with Gasteiger partial charge in [0.2, 0.25) is 0 Å². The number of hydrogen-bond donors (Lipinski definition) is 0. The Morgan fingerprint density at radius 2 is 2.27 bits per heavy atom. The zero-order valence-electron chi connectivity index (χ0n) is 6.27. The Bertz CT molecular complexity index is 155. The molecule has 0 aliphatic rings. The van der Waals surface area contributed by atoms with Gasteiger partial charge in [0.15, 0.2) is 0 Å². The van der Waals surface area contributed by atoms with Crippen LogP contribution < -0.4 is 0 Å². The molecule has 0 heterocycles. The fraction of sp³-hybridized carbons (Fsp3) is 0.571. The summed E-state index contributed by atoms with van der Waals surface area (Å²) < 4.78 is 29.0. The molecular weight excluding hydrogens is 154 g/mol. The summed E-state index contributed by atoms with van der Waals surface area (Å²) in [6.45, 7) is 4.54. The van der Waals surface area contributed by atoms with Gasteiger partial charge in [-0.15, -0.1) is 6.58 Å². The van der Waals surface area contributed by atoms with E-state index in [1.807, 2.05) is 0 Å². The van der Waals surface area contributed by atoms with Crippen molar-refractivity contribution in [1.29, 1.82) is 0 Å². The van der Waals surface area contributed by atoms with E-state index < -0.39 is 18.3 Å². The summed E-state index contributed by atoms with van der Waals surface area (Å²) in [7, 11) is 0. The lowest BCUT2D eigenvalue weighted by Gasteiger charge is -2.11. The first kappa shape index (κ1) is 10.1. The van der Waals surface area contributed by atoms with E-state index in [-0.39, 0.29) is 6.61 Å². The van der Waals surface area contributed by atoms with E-state index in [4.69, 9.17) is 0 Å². The van der Waals surface area contributed by atoms with Crippen LogP contribution in [-0.4, -0.2) is 18.5 Å². The molecule has 0 fully saturated rings. The van der Waals surface area contributed by atoms with Crippen molar-refractivity contribution >= 4 is 5.97 Å². The molecule has 0 N–H and O–H groups in total. The van der Waals surface area contributed by atoms with Crippen molar-refractivity contribution < 1.29 is 18.3 Å². The summed E-state index contributed by atoms with van der Waals surface area (Å²) in [4.78, 5) is 10.4. The predicted octanol–water partition coefficient (Wildman–Crippen LogP) is 1.76. The van der Waals surface area contributed by atoms with E-state index in [0.717, 1.165) is 6.08 Å². The van der Waals surface area contributed by atoms with Crippen LogP contribution in [0.2, 0.25) is 0 Å². The fourth-order valence-electron chi connectivity index (χ4n) is 0.501. The van der Waals surface area contributed by atoms with Crippen molar-refractivity contribution in [1.82, 2.24) is 0 Å². The third kappa shape index (κ3) is 3.11. The van der Waals surface area contributed by atoms with Crippen LogP contribution in [0.15, 0.2) is 12.7 Å². The Balaban J connectivity index is 4.05. The molecule has 11 heavy (non-hydrogen) atoms. The summed E-state index contributed by atoms with van der Waals surface area (Å²) >= 11 is 0. The molecule has 0 amide bonds. The first-order chi connectivity index (χ1) is 5.04. The SMILES string of the molecule is C=CCC(F)(F)C(=O)OCC. The minimum absolute atomic E-state index is 0.0361. The maximum Gasteiger partial charge on any atom is 0.377 e. The Hall–Kier alpha value is -0.930. The van der Waals surface area contributed by atoms with Crippen LogP contribution >= 0.6 is 0 Å². The number of ether oxygens (including phenoxy) is 1. The smallest absolute Gasteiger partial charge is 0.377 e. The molecule has 0 saturated carbocycles. The van der Waals surface area contributed by atoms with Gasteiger partial charge in [-0.2, -0.15) is 8.78 Å². The Morgan fingerprint density at radius 1 is 1.73 bits per heavy atom. The van der Waals surface area contributed by atoms with Crippen molar-refractivity contribution in [2.45, 2.75) is 19.3 Å². The van der Waals surface area contributed by atoms with Gasteiger partial charge in [-0.1, -0.05) is 6.08 Å². The first-order valence-electron chi connectivity index (χ1n) is 3.20. The molecule has 0 aromatic carbocycles. The van der Waals surface area contributed by atoms with Crippen LogP contribution in [0.1, 0.15) is 13.3 Å². The molecule has 0 bridgehead atoms. The van der Waals surface area contributed by atoms with Gasteiger partial charge in [-0.05, 0) is 6.92 Å². The van der Waals surface area contributed by atoms with E-state index in [0.29, 0.717) is 0 Å². The number of hydrogen-bond acceptors (Lipinski definition) is 2. The molecule has 0 rings (SSSR count). The number of carbonyl (C=O) groups excluding carboxylic acids is 1. The number of esters is 1. The topological polar surface area (TPSA) is 26.3 Å². The van der Waals surface area contributed by atoms with Crippen LogP contribution in [0, 0.1) is 0 Å². The Morgan fingerprint density at radius 3 is 2.64 bits per heavy atom. The lowest BCUT2D eigenvalue weighted by Crippen LogP contribution is -2.29. The van der Waals surface area contributed by atoms with Crippen LogP contribution in [0.5, 0.6) is 0 Å². The zero-order chi connectivity index (χ0) is 8.91. The van der Waals surface area contributed by atoms with E-state index >= 15 is 0 Å². The third-order valence-electron chi connectivity index (χ3n) is 0.975. The average Bonchev–Trinajstić information content (AvgIpc) is 1.88. The number of allylic oxidation sites excluding steroid dienone is 1. The minimum atomic E-state index is -3.42.